The van der Waals surface area contributed by atoms with Crippen molar-refractivity contribution >= 4 is 11.8 Å². The Kier molecular flexibility index (Phi) is 3.87. The van der Waals surface area contributed by atoms with Crippen LogP contribution in [0.1, 0.15) is 24.1 Å². The minimum Gasteiger partial charge on any atom is -0.368 e. The van der Waals surface area contributed by atoms with E-state index in [1.54, 1.807) is 0 Å². The predicted octanol–water partition coefficient (Wildman–Crippen LogP) is 1.84. The number of piperidine rings is 1. The van der Waals surface area contributed by atoms with Gasteiger partial charge in [-0.2, -0.15) is 4.98 Å². The second-order valence-corrected chi connectivity index (χ2v) is 6.61. The van der Waals surface area contributed by atoms with Gasteiger partial charge >= 0.3 is 0 Å². The first-order valence-corrected chi connectivity index (χ1v) is 8.43. The van der Waals surface area contributed by atoms with Gasteiger partial charge in [0.1, 0.15) is 5.82 Å². The lowest BCUT2D eigenvalue weighted by Crippen LogP contribution is -2.40. The monoisotopic (exact) mass is 309 g/mol. The molecule has 0 radical (unpaired) electrons. The number of benzene rings is 1. The second-order valence-electron chi connectivity index (χ2n) is 6.61. The zero-order valence-electron chi connectivity index (χ0n) is 13.3. The van der Waals surface area contributed by atoms with Crippen LogP contribution in [0.3, 0.4) is 0 Å². The van der Waals surface area contributed by atoms with Crippen LogP contribution in [-0.4, -0.2) is 35.6 Å². The van der Waals surface area contributed by atoms with Gasteiger partial charge in [0.05, 0.1) is 5.69 Å². The van der Waals surface area contributed by atoms with Crippen LogP contribution in [0.2, 0.25) is 0 Å². The molecule has 2 aliphatic heterocycles. The fourth-order valence-corrected chi connectivity index (χ4v) is 3.79. The number of nitrogens with zero attached hydrogens (tertiary/aromatic N) is 3. The normalized spacial score (nSPS) is 23.7. The summed E-state index contributed by atoms with van der Waals surface area (Å²) in [4.78, 5) is 11.3. The van der Waals surface area contributed by atoms with Crippen LogP contribution in [0.5, 0.6) is 0 Å². The number of nitrogens with one attached hydrogen (secondary N) is 1. The summed E-state index contributed by atoms with van der Waals surface area (Å²) in [6.07, 6.45) is 3.38. The molecule has 1 aromatic heterocycles. The topological polar surface area (TPSA) is 67.1 Å². The van der Waals surface area contributed by atoms with E-state index in [0.29, 0.717) is 12.0 Å². The van der Waals surface area contributed by atoms with E-state index in [1.807, 2.05) is 6.07 Å². The Balaban J connectivity index is 1.55. The van der Waals surface area contributed by atoms with Crippen LogP contribution >= 0.6 is 0 Å². The summed E-state index contributed by atoms with van der Waals surface area (Å²) in [5, 5.41) is 3.63. The standard InChI is InChI=1S/C18H23N5/c19-18-21-15(9-13-5-2-1-3-6-13)10-17(22-18)23-11-14-7-4-8-20-16(14)12-23/h1-3,5-6,10,14,16,20H,4,7-9,11-12H2,(H2,19,21,22)/t14-,16?/m1/s1. The Morgan fingerprint density at radius 2 is 2.04 bits per heavy atom. The van der Waals surface area contributed by atoms with Crippen molar-refractivity contribution in [1.82, 2.24) is 15.3 Å². The molecule has 1 unspecified atom stereocenters. The molecule has 0 bridgehead atoms. The van der Waals surface area contributed by atoms with Crippen molar-refractivity contribution in [3.05, 3.63) is 47.7 Å². The molecule has 0 spiro atoms. The minimum atomic E-state index is 0.372. The highest BCUT2D eigenvalue weighted by atomic mass is 15.3. The Hall–Kier alpha value is -2.14. The predicted molar refractivity (Wildman–Crippen MR) is 92.4 cm³/mol. The number of nitrogens with two attached hydrogens (primary N) is 1. The third kappa shape index (κ3) is 3.15. The summed E-state index contributed by atoms with van der Waals surface area (Å²) in [6.45, 7) is 3.23. The van der Waals surface area contributed by atoms with Crippen molar-refractivity contribution in [3.8, 4) is 0 Å². The highest BCUT2D eigenvalue weighted by Gasteiger charge is 2.34. The van der Waals surface area contributed by atoms with E-state index < -0.39 is 0 Å². The highest BCUT2D eigenvalue weighted by molar-refractivity contribution is 5.46. The molecule has 23 heavy (non-hydrogen) atoms. The average molecular weight is 309 g/mol. The van der Waals surface area contributed by atoms with Crippen LogP contribution < -0.4 is 16.0 Å². The van der Waals surface area contributed by atoms with Gasteiger partial charge in [0, 0.05) is 31.6 Å². The molecule has 1 aromatic carbocycles. The minimum absolute atomic E-state index is 0.372. The molecule has 2 atom stereocenters. The largest absolute Gasteiger partial charge is 0.368 e. The Morgan fingerprint density at radius 1 is 1.17 bits per heavy atom. The number of nitrogen functional groups attached to an aromatic ring is 1. The number of rotatable bonds is 3. The fraction of sp³-hybridized carbons (Fsp3) is 0.444. The summed E-state index contributed by atoms with van der Waals surface area (Å²) in [7, 11) is 0. The zero-order valence-corrected chi connectivity index (χ0v) is 13.3. The maximum Gasteiger partial charge on any atom is 0.222 e. The van der Waals surface area contributed by atoms with E-state index >= 15 is 0 Å². The van der Waals surface area contributed by atoms with Crippen molar-refractivity contribution in [1.29, 1.82) is 0 Å². The number of anilines is 2. The summed E-state index contributed by atoms with van der Waals surface area (Å²) in [5.41, 5.74) is 8.19. The van der Waals surface area contributed by atoms with Gasteiger partial charge in [-0.15, -0.1) is 0 Å². The van der Waals surface area contributed by atoms with E-state index in [2.05, 4.69) is 50.5 Å². The van der Waals surface area contributed by atoms with E-state index in [9.17, 15) is 0 Å². The first kappa shape index (κ1) is 14.5. The van der Waals surface area contributed by atoms with Crippen molar-refractivity contribution in [3.63, 3.8) is 0 Å². The van der Waals surface area contributed by atoms with E-state index in [0.717, 1.165) is 43.5 Å². The van der Waals surface area contributed by atoms with Gasteiger partial charge in [0.2, 0.25) is 5.95 Å². The molecular weight excluding hydrogens is 286 g/mol. The van der Waals surface area contributed by atoms with Gasteiger partial charge in [0.15, 0.2) is 0 Å². The molecule has 3 N–H and O–H groups in total. The van der Waals surface area contributed by atoms with E-state index in [1.165, 1.54) is 18.4 Å². The maximum atomic E-state index is 5.96. The molecule has 2 aliphatic rings. The molecule has 0 aliphatic carbocycles. The van der Waals surface area contributed by atoms with Gasteiger partial charge < -0.3 is 16.0 Å². The molecular formula is C18H23N5. The Morgan fingerprint density at radius 3 is 2.87 bits per heavy atom. The molecule has 2 fully saturated rings. The number of hydrogen-bond donors (Lipinski definition) is 2. The maximum absolute atomic E-state index is 5.96. The van der Waals surface area contributed by atoms with Crippen LogP contribution in [0.25, 0.3) is 0 Å². The van der Waals surface area contributed by atoms with Crippen molar-refractivity contribution in [2.75, 3.05) is 30.3 Å². The lowest BCUT2D eigenvalue weighted by molar-refractivity contribution is 0.340. The Bertz CT molecular complexity index is 658. The molecule has 0 saturated carbocycles. The van der Waals surface area contributed by atoms with Gasteiger partial charge in [-0.1, -0.05) is 30.3 Å². The molecule has 2 saturated heterocycles. The lowest BCUT2D eigenvalue weighted by atomic mass is 9.94. The molecule has 5 nitrogen and oxygen atoms in total. The van der Waals surface area contributed by atoms with Crippen LogP contribution in [-0.2, 0) is 6.42 Å². The quantitative estimate of drug-likeness (QED) is 0.905. The second kappa shape index (κ2) is 6.16. The van der Waals surface area contributed by atoms with Crippen LogP contribution in [0.4, 0.5) is 11.8 Å². The summed E-state index contributed by atoms with van der Waals surface area (Å²) in [6, 6.07) is 13.1. The molecule has 0 amide bonds. The smallest absolute Gasteiger partial charge is 0.222 e. The molecule has 4 rings (SSSR count). The summed E-state index contributed by atoms with van der Waals surface area (Å²) in [5.74, 6) is 2.08. The first-order chi connectivity index (χ1) is 11.3. The zero-order chi connectivity index (χ0) is 15.6. The number of hydrogen-bond acceptors (Lipinski definition) is 5. The molecule has 3 heterocycles. The SMILES string of the molecule is Nc1nc(Cc2ccccc2)cc(N2CC3NCCC[C@@H]3C2)n1. The Labute approximate surface area is 136 Å². The van der Waals surface area contributed by atoms with Crippen molar-refractivity contribution in [2.24, 2.45) is 5.92 Å². The lowest BCUT2D eigenvalue weighted by Gasteiger charge is -2.24. The van der Waals surface area contributed by atoms with Crippen molar-refractivity contribution in [2.45, 2.75) is 25.3 Å². The van der Waals surface area contributed by atoms with Gasteiger partial charge in [-0.3, -0.25) is 0 Å². The summed E-state index contributed by atoms with van der Waals surface area (Å²) >= 11 is 0. The van der Waals surface area contributed by atoms with Gasteiger partial charge in [-0.05, 0) is 30.9 Å². The van der Waals surface area contributed by atoms with E-state index in [-0.39, 0.29) is 0 Å². The average Bonchev–Trinajstić information content (AvgIpc) is 2.99. The fourth-order valence-electron chi connectivity index (χ4n) is 3.79. The number of aromatic nitrogens is 2. The highest BCUT2D eigenvalue weighted by Crippen LogP contribution is 2.28. The molecule has 5 heteroatoms. The number of fused-ring (bicyclic) bond motifs is 1. The first-order valence-electron chi connectivity index (χ1n) is 8.43. The van der Waals surface area contributed by atoms with Crippen molar-refractivity contribution < 1.29 is 0 Å². The van der Waals surface area contributed by atoms with Gasteiger partial charge in [-0.25, -0.2) is 4.98 Å². The van der Waals surface area contributed by atoms with Crippen LogP contribution in [0.15, 0.2) is 36.4 Å². The third-order valence-electron chi connectivity index (χ3n) is 4.93. The summed E-state index contributed by atoms with van der Waals surface area (Å²) < 4.78 is 0. The van der Waals surface area contributed by atoms with E-state index in [4.69, 9.17) is 5.73 Å². The third-order valence-corrected chi connectivity index (χ3v) is 4.93. The molecule has 120 valence electrons. The molecule has 2 aromatic rings. The van der Waals surface area contributed by atoms with Gasteiger partial charge in [0.25, 0.3) is 0 Å². The van der Waals surface area contributed by atoms with Crippen LogP contribution in [0, 0.1) is 5.92 Å².